The molecule has 0 saturated carbocycles. The Morgan fingerprint density at radius 2 is 2.05 bits per heavy atom. The van der Waals surface area contributed by atoms with Crippen molar-refractivity contribution in [2.24, 2.45) is 12.8 Å². The molecule has 1 amide bonds. The minimum atomic E-state index is -3.70. The summed E-state index contributed by atoms with van der Waals surface area (Å²) in [5.41, 5.74) is 6.72. The molecule has 0 fully saturated rings. The zero-order valence-corrected chi connectivity index (χ0v) is 13.1. The highest BCUT2D eigenvalue weighted by Gasteiger charge is 2.19. The second kappa shape index (κ2) is 5.34. The molecule has 0 spiro atoms. The third kappa shape index (κ3) is 3.03. The molecule has 118 valence electrons. The van der Waals surface area contributed by atoms with E-state index in [1.165, 1.54) is 10.6 Å². The van der Waals surface area contributed by atoms with Crippen LogP contribution in [-0.4, -0.2) is 31.1 Å². The Balaban J connectivity index is 2.67. The van der Waals surface area contributed by atoms with E-state index in [2.05, 4.69) is 5.32 Å². The van der Waals surface area contributed by atoms with Crippen molar-refractivity contribution in [1.29, 1.82) is 5.41 Å². The van der Waals surface area contributed by atoms with E-state index in [1.54, 1.807) is 19.2 Å². The average Bonchev–Trinajstić information content (AvgIpc) is 2.70. The highest BCUT2D eigenvalue weighted by atomic mass is 32.2. The van der Waals surface area contributed by atoms with Crippen molar-refractivity contribution in [3.05, 3.63) is 29.5 Å². The van der Waals surface area contributed by atoms with E-state index in [9.17, 15) is 13.2 Å². The van der Waals surface area contributed by atoms with E-state index in [0.29, 0.717) is 10.9 Å². The number of benzene rings is 1. The van der Waals surface area contributed by atoms with Crippen LogP contribution in [0.25, 0.3) is 10.9 Å². The molecule has 2 aromatic rings. The van der Waals surface area contributed by atoms with Gasteiger partial charge in [0.05, 0.1) is 11.8 Å². The normalized spacial score (nSPS) is 11.4. The summed E-state index contributed by atoms with van der Waals surface area (Å²) in [6.07, 6.45) is 0.949. The van der Waals surface area contributed by atoms with Crippen LogP contribution in [0.15, 0.2) is 18.2 Å². The summed E-state index contributed by atoms with van der Waals surface area (Å²) in [6.45, 7) is 1.83. The molecule has 0 aliphatic heterocycles. The number of nitrogens with one attached hydrogen (secondary N) is 2. The predicted molar refractivity (Wildman–Crippen MR) is 82.5 cm³/mol. The number of aromatic nitrogens is 1. The van der Waals surface area contributed by atoms with E-state index < -0.39 is 22.0 Å². The van der Waals surface area contributed by atoms with Crippen molar-refractivity contribution in [2.75, 3.05) is 6.26 Å². The number of fused-ring (bicyclic) bond motifs is 1. The monoisotopic (exact) mass is 324 g/mol. The predicted octanol–water partition coefficient (Wildman–Crippen LogP) is 0.448. The molecule has 8 nitrogen and oxygen atoms in total. The van der Waals surface area contributed by atoms with Crippen LogP contribution in [-0.2, 0) is 17.2 Å². The van der Waals surface area contributed by atoms with E-state index in [-0.39, 0.29) is 11.4 Å². The SMILES string of the molecule is Cc1ccc(OS(C)(=O)=O)c2c1cc(C(=O)NC(=N)N)n2C. The number of hydrogen-bond donors (Lipinski definition) is 3. The van der Waals surface area contributed by atoms with Gasteiger partial charge in [-0.05, 0) is 24.6 Å². The standard InChI is InChI=1S/C13H16N4O4S/c1-7-4-5-10(21-22(3,19)20)11-8(7)6-9(17(11)2)12(18)16-13(14)15/h4-6H,1-3H3,(H4,14,15,16,18). The quantitative estimate of drug-likeness (QED) is 0.429. The molecule has 4 N–H and O–H groups in total. The molecule has 0 unspecified atom stereocenters. The maximum absolute atomic E-state index is 12.0. The van der Waals surface area contributed by atoms with Gasteiger partial charge in [0.15, 0.2) is 11.7 Å². The molecular formula is C13H16N4O4S. The Hall–Kier alpha value is -2.55. The lowest BCUT2D eigenvalue weighted by atomic mass is 10.1. The van der Waals surface area contributed by atoms with Gasteiger partial charge in [-0.1, -0.05) is 6.07 Å². The zero-order valence-electron chi connectivity index (χ0n) is 12.3. The lowest BCUT2D eigenvalue weighted by Gasteiger charge is -2.09. The van der Waals surface area contributed by atoms with Crippen LogP contribution < -0.4 is 15.2 Å². The van der Waals surface area contributed by atoms with Gasteiger partial charge in [-0.15, -0.1) is 0 Å². The summed E-state index contributed by atoms with van der Waals surface area (Å²) in [5.74, 6) is -0.900. The van der Waals surface area contributed by atoms with Crippen molar-refractivity contribution in [3.63, 3.8) is 0 Å². The molecule has 0 aliphatic carbocycles. The number of hydrogen-bond acceptors (Lipinski definition) is 5. The minimum Gasteiger partial charge on any atom is -0.380 e. The van der Waals surface area contributed by atoms with Gasteiger partial charge in [0, 0.05) is 12.4 Å². The maximum Gasteiger partial charge on any atom is 0.306 e. The molecule has 2 rings (SSSR count). The maximum atomic E-state index is 12.0. The Labute approximate surface area is 127 Å². The Morgan fingerprint density at radius 3 is 2.59 bits per heavy atom. The van der Waals surface area contributed by atoms with Crippen molar-refractivity contribution in [3.8, 4) is 5.75 Å². The molecule has 0 saturated heterocycles. The lowest BCUT2D eigenvalue weighted by Crippen LogP contribution is -2.36. The fraction of sp³-hybridized carbons (Fsp3) is 0.231. The number of nitrogens with zero attached hydrogens (tertiary/aromatic N) is 1. The lowest BCUT2D eigenvalue weighted by molar-refractivity contribution is 0.0969. The fourth-order valence-corrected chi connectivity index (χ4v) is 2.67. The van der Waals surface area contributed by atoms with Gasteiger partial charge in [-0.3, -0.25) is 15.5 Å². The van der Waals surface area contributed by atoms with Gasteiger partial charge < -0.3 is 14.5 Å². The number of carbonyl (C=O) groups is 1. The largest absolute Gasteiger partial charge is 0.380 e. The van der Waals surface area contributed by atoms with Gasteiger partial charge in [-0.2, -0.15) is 8.42 Å². The van der Waals surface area contributed by atoms with Crippen LogP contribution >= 0.6 is 0 Å². The molecule has 0 atom stereocenters. The van der Waals surface area contributed by atoms with Gasteiger partial charge in [0.2, 0.25) is 0 Å². The molecule has 0 radical (unpaired) electrons. The van der Waals surface area contributed by atoms with Crippen LogP contribution in [0.5, 0.6) is 5.75 Å². The first-order valence-electron chi connectivity index (χ1n) is 6.24. The van der Waals surface area contributed by atoms with Gasteiger partial charge in [0.1, 0.15) is 5.69 Å². The smallest absolute Gasteiger partial charge is 0.306 e. The Morgan fingerprint density at radius 1 is 1.41 bits per heavy atom. The summed E-state index contributed by atoms with van der Waals surface area (Å²) in [6, 6.07) is 4.83. The number of nitrogens with two attached hydrogens (primary N) is 1. The van der Waals surface area contributed by atoms with Crippen molar-refractivity contribution in [2.45, 2.75) is 6.92 Å². The highest BCUT2D eigenvalue weighted by Crippen LogP contribution is 2.31. The second-order valence-electron chi connectivity index (χ2n) is 4.89. The number of guanidine groups is 1. The summed E-state index contributed by atoms with van der Waals surface area (Å²) in [4.78, 5) is 12.0. The van der Waals surface area contributed by atoms with E-state index in [0.717, 1.165) is 11.8 Å². The molecular weight excluding hydrogens is 308 g/mol. The first-order valence-corrected chi connectivity index (χ1v) is 8.05. The molecule has 9 heteroatoms. The highest BCUT2D eigenvalue weighted by molar-refractivity contribution is 7.86. The minimum absolute atomic E-state index is 0.132. The van der Waals surface area contributed by atoms with Gasteiger partial charge in [-0.25, -0.2) is 0 Å². The van der Waals surface area contributed by atoms with E-state index >= 15 is 0 Å². The number of aryl methyl sites for hydroxylation is 2. The summed E-state index contributed by atoms with van der Waals surface area (Å²) < 4.78 is 29.2. The van der Waals surface area contributed by atoms with Crippen LogP contribution in [0.1, 0.15) is 16.1 Å². The number of amides is 1. The third-order valence-electron chi connectivity index (χ3n) is 3.10. The van der Waals surface area contributed by atoms with Crippen molar-refractivity contribution in [1.82, 2.24) is 9.88 Å². The molecule has 1 aromatic carbocycles. The van der Waals surface area contributed by atoms with Gasteiger partial charge in [0.25, 0.3) is 5.91 Å². The summed E-state index contributed by atoms with van der Waals surface area (Å²) in [5, 5.41) is 9.98. The van der Waals surface area contributed by atoms with Crippen molar-refractivity contribution >= 4 is 32.9 Å². The molecule has 0 aliphatic rings. The molecule has 1 heterocycles. The van der Waals surface area contributed by atoms with Gasteiger partial charge >= 0.3 is 10.1 Å². The second-order valence-corrected chi connectivity index (χ2v) is 6.46. The van der Waals surface area contributed by atoms with Crippen LogP contribution in [0.4, 0.5) is 0 Å². The molecule has 0 bridgehead atoms. The fourth-order valence-electron chi connectivity index (χ4n) is 2.21. The topological polar surface area (TPSA) is 127 Å². The average molecular weight is 324 g/mol. The number of carbonyl (C=O) groups excluding carboxylic acids is 1. The molecule has 22 heavy (non-hydrogen) atoms. The summed E-state index contributed by atoms with van der Waals surface area (Å²) >= 11 is 0. The Kier molecular flexibility index (Phi) is 3.84. The van der Waals surface area contributed by atoms with Crippen LogP contribution in [0, 0.1) is 12.3 Å². The van der Waals surface area contributed by atoms with E-state index in [1.807, 2.05) is 6.92 Å². The zero-order chi connectivity index (χ0) is 16.7. The van der Waals surface area contributed by atoms with Crippen LogP contribution in [0.2, 0.25) is 0 Å². The first-order chi connectivity index (χ1) is 10.1. The van der Waals surface area contributed by atoms with Crippen molar-refractivity contribution < 1.29 is 17.4 Å². The van der Waals surface area contributed by atoms with E-state index in [4.69, 9.17) is 15.3 Å². The number of rotatable bonds is 3. The molecule has 1 aromatic heterocycles. The first kappa shape index (κ1) is 15.8. The third-order valence-corrected chi connectivity index (χ3v) is 3.58. The Bertz CT molecular complexity index is 883. The summed E-state index contributed by atoms with van der Waals surface area (Å²) in [7, 11) is -2.09. The van der Waals surface area contributed by atoms with Crippen LogP contribution in [0.3, 0.4) is 0 Å².